The summed E-state index contributed by atoms with van der Waals surface area (Å²) in [5.41, 5.74) is 2.36. The van der Waals surface area contributed by atoms with Crippen LogP contribution in [-0.4, -0.2) is 25.9 Å². The molecular weight excluding hydrogens is 340 g/mol. The highest BCUT2D eigenvalue weighted by molar-refractivity contribution is 5.98. The van der Waals surface area contributed by atoms with Gasteiger partial charge in [0, 0.05) is 18.8 Å². The Morgan fingerprint density at radius 2 is 1.85 bits per heavy atom. The lowest BCUT2D eigenvalue weighted by molar-refractivity contribution is 0.0934. The van der Waals surface area contributed by atoms with Crippen LogP contribution in [0.4, 0.5) is 0 Å². The summed E-state index contributed by atoms with van der Waals surface area (Å²) in [7, 11) is 0. The van der Waals surface area contributed by atoms with Crippen molar-refractivity contribution in [2.45, 2.75) is 26.4 Å². The van der Waals surface area contributed by atoms with E-state index in [-0.39, 0.29) is 17.5 Å². The molecule has 136 valence electrons. The van der Waals surface area contributed by atoms with E-state index in [0.717, 1.165) is 5.56 Å². The number of nitrogens with one attached hydrogen (secondary N) is 1. The Morgan fingerprint density at radius 3 is 2.59 bits per heavy atom. The summed E-state index contributed by atoms with van der Waals surface area (Å²) in [4.78, 5) is 30.4. The number of pyridine rings is 1. The van der Waals surface area contributed by atoms with Crippen LogP contribution in [0.15, 0.2) is 65.6 Å². The molecule has 6 nitrogen and oxygen atoms in total. The molecule has 0 fully saturated rings. The molecule has 0 aliphatic heterocycles. The van der Waals surface area contributed by atoms with Gasteiger partial charge in [-0.25, -0.2) is 4.98 Å². The van der Waals surface area contributed by atoms with Gasteiger partial charge in [-0.15, -0.1) is 0 Å². The second-order valence-electron chi connectivity index (χ2n) is 6.81. The fourth-order valence-corrected chi connectivity index (χ4v) is 3.20. The summed E-state index contributed by atoms with van der Waals surface area (Å²) in [5.74, 6) is -0.215. The third-order valence-electron chi connectivity index (χ3n) is 4.41. The van der Waals surface area contributed by atoms with Crippen molar-refractivity contribution >= 4 is 22.6 Å². The number of carbonyl (C=O) groups excluding carboxylic acids is 1. The lowest BCUT2D eigenvalue weighted by atomic mass is 10.2. The van der Waals surface area contributed by atoms with E-state index < -0.39 is 0 Å². The number of rotatable bonds is 4. The van der Waals surface area contributed by atoms with Crippen LogP contribution in [0.25, 0.3) is 16.7 Å². The lowest BCUT2D eigenvalue weighted by Gasteiger charge is -2.12. The maximum absolute atomic E-state index is 12.9. The molecule has 3 heterocycles. The van der Waals surface area contributed by atoms with E-state index in [4.69, 9.17) is 0 Å². The molecule has 4 rings (SSSR count). The second kappa shape index (κ2) is 6.72. The zero-order valence-electron chi connectivity index (χ0n) is 15.2. The third kappa shape index (κ3) is 3.10. The van der Waals surface area contributed by atoms with Crippen molar-refractivity contribution in [3.63, 3.8) is 0 Å². The number of carbonyl (C=O) groups is 1. The Bertz CT molecular complexity index is 1190. The molecule has 1 aromatic carbocycles. The first-order valence-electron chi connectivity index (χ1n) is 8.90. The molecule has 0 unspecified atom stereocenters. The van der Waals surface area contributed by atoms with Crippen molar-refractivity contribution < 1.29 is 4.79 Å². The molecule has 0 saturated carbocycles. The summed E-state index contributed by atoms with van der Waals surface area (Å²) >= 11 is 0. The highest BCUT2D eigenvalue weighted by atomic mass is 16.2. The quantitative estimate of drug-likeness (QED) is 0.608. The fourth-order valence-electron chi connectivity index (χ4n) is 3.20. The second-order valence-corrected chi connectivity index (χ2v) is 6.81. The molecule has 0 bridgehead atoms. The number of hydrogen-bond donors (Lipinski definition) is 1. The standard InChI is InChI=1S/C21H20N4O2/c1-14(2)22-20(26)17-12-16-19(25(17)13-15-8-4-3-5-9-15)23-18-10-6-7-11-24(18)21(16)27/h3-12,14H,13H2,1-2H3,(H,22,26). The van der Waals surface area contributed by atoms with Crippen LogP contribution in [0.1, 0.15) is 29.9 Å². The van der Waals surface area contributed by atoms with Crippen LogP contribution in [0.5, 0.6) is 0 Å². The zero-order chi connectivity index (χ0) is 19.0. The Hall–Kier alpha value is -3.41. The SMILES string of the molecule is CC(C)NC(=O)c1cc2c(=O)n3ccccc3nc2n1Cc1ccccc1. The van der Waals surface area contributed by atoms with E-state index in [1.807, 2.05) is 54.8 Å². The van der Waals surface area contributed by atoms with Crippen LogP contribution in [0.2, 0.25) is 0 Å². The van der Waals surface area contributed by atoms with Gasteiger partial charge in [0.05, 0.1) is 5.39 Å². The van der Waals surface area contributed by atoms with Crippen molar-refractivity contribution in [1.82, 2.24) is 19.3 Å². The minimum absolute atomic E-state index is 0.00573. The summed E-state index contributed by atoms with van der Waals surface area (Å²) < 4.78 is 3.32. The highest BCUT2D eigenvalue weighted by Crippen LogP contribution is 2.19. The minimum Gasteiger partial charge on any atom is -0.349 e. The third-order valence-corrected chi connectivity index (χ3v) is 4.41. The average Bonchev–Trinajstić information content (AvgIpc) is 3.01. The fraction of sp³-hybridized carbons (Fsp3) is 0.190. The maximum Gasteiger partial charge on any atom is 0.268 e. The topological polar surface area (TPSA) is 68.4 Å². The normalized spacial score (nSPS) is 11.4. The number of hydrogen-bond acceptors (Lipinski definition) is 3. The number of benzene rings is 1. The van der Waals surface area contributed by atoms with Crippen LogP contribution in [0.3, 0.4) is 0 Å². The minimum atomic E-state index is -0.215. The van der Waals surface area contributed by atoms with E-state index >= 15 is 0 Å². The molecule has 6 heteroatoms. The molecule has 0 aliphatic rings. The first-order valence-corrected chi connectivity index (χ1v) is 8.90. The van der Waals surface area contributed by atoms with E-state index in [2.05, 4.69) is 10.3 Å². The van der Waals surface area contributed by atoms with Crippen molar-refractivity contribution in [2.75, 3.05) is 0 Å². The maximum atomic E-state index is 12.9. The summed E-state index contributed by atoms with van der Waals surface area (Å²) in [5, 5.41) is 3.34. The molecule has 3 aromatic heterocycles. The van der Waals surface area contributed by atoms with E-state index in [1.54, 1.807) is 24.4 Å². The Balaban J connectivity index is 1.98. The summed E-state index contributed by atoms with van der Waals surface area (Å²) in [6, 6.07) is 16.9. The molecule has 27 heavy (non-hydrogen) atoms. The van der Waals surface area contributed by atoms with Gasteiger partial charge < -0.3 is 9.88 Å². The van der Waals surface area contributed by atoms with E-state index in [0.29, 0.717) is 28.9 Å². The molecule has 0 saturated heterocycles. The van der Waals surface area contributed by atoms with Crippen LogP contribution in [0, 0.1) is 0 Å². The smallest absolute Gasteiger partial charge is 0.268 e. The van der Waals surface area contributed by atoms with Gasteiger partial charge >= 0.3 is 0 Å². The monoisotopic (exact) mass is 360 g/mol. The molecule has 0 aliphatic carbocycles. The molecular formula is C21H20N4O2. The highest BCUT2D eigenvalue weighted by Gasteiger charge is 2.20. The van der Waals surface area contributed by atoms with Gasteiger partial charge in [0.1, 0.15) is 17.0 Å². The van der Waals surface area contributed by atoms with Gasteiger partial charge in [0.2, 0.25) is 0 Å². The Kier molecular flexibility index (Phi) is 4.24. The molecule has 1 N–H and O–H groups in total. The molecule has 0 spiro atoms. The summed E-state index contributed by atoms with van der Waals surface area (Å²) in [6.07, 6.45) is 1.69. The molecule has 4 aromatic rings. The predicted octanol–water partition coefficient (Wildman–Crippen LogP) is 2.84. The van der Waals surface area contributed by atoms with Crippen LogP contribution in [-0.2, 0) is 6.54 Å². The lowest BCUT2D eigenvalue weighted by Crippen LogP contribution is -2.31. The van der Waals surface area contributed by atoms with Crippen LogP contribution >= 0.6 is 0 Å². The Labute approximate surface area is 156 Å². The van der Waals surface area contributed by atoms with E-state index in [1.165, 1.54) is 4.40 Å². The molecule has 0 radical (unpaired) electrons. The number of nitrogens with zero attached hydrogens (tertiary/aromatic N) is 3. The Morgan fingerprint density at radius 1 is 1.11 bits per heavy atom. The van der Waals surface area contributed by atoms with Crippen molar-refractivity contribution in [1.29, 1.82) is 0 Å². The first-order chi connectivity index (χ1) is 13.0. The zero-order valence-corrected chi connectivity index (χ0v) is 15.2. The van der Waals surface area contributed by atoms with Gasteiger partial charge in [-0.1, -0.05) is 36.4 Å². The van der Waals surface area contributed by atoms with Crippen molar-refractivity contribution in [3.8, 4) is 0 Å². The summed E-state index contributed by atoms with van der Waals surface area (Å²) in [6.45, 7) is 4.27. The van der Waals surface area contributed by atoms with Crippen LogP contribution < -0.4 is 10.9 Å². The van der Waals surface area contributed by atoms with Gasteiger partial charge in [-0.2, -0.15) is 0 Å². The van der Waals surface area contributed by atoms with Gasteiger partial charge in [0.15, 0.2) is 0 Å². The molecule has 1 amide bonds. The average molecular weight is 360 g/mol. The van der Waals surface area contributed by atoms with E-state index in [9.17, 15) is 9.59 Å². The van der Waals surface area contributed by atoms with Gasteiger partial charge in [-0.3, -0.25) is 14.0 Å². The number of amides is 1. The van der Waals surface area contributed by atoms with Gasteiger partial charge in [-0.05, 0) is 37.6 Å². The first kappa shape index (κ1) is 17.0. The predicted molar refractivity (Wildman–Crippen MR) is 105 cm³/mol. The number of fused-ring (bicyclic) bond motifs is 2. The largest absolute Gasteiger partial charge is 0.349 e. The van der Waals surface area contributed by atoms with Crippen molar-refractivity contribution in [3.05, 3.63) is 82.4 Å². The van der Waals surface area contributed by atoms with Gasteiger partial charge in [0.25, 0.3) is 11.5 Å². The molecule has 0 atom stereocenters. The number of aromatic nitrogens is 3. The van der Waals surface area contributed by atoms with Crippen molar-refractivity contribution in [2.24, 2.45) is 0 Å².